The molecule has 0 atom stereocenters. The van der Waals surface area contributed by atoms with Gasteiger partial charge in [0, 0.05) is 42.5 Å². The molecule has 1 amide bonds. The zero-order valence-corrected chi connectivity index (χ0v) is 13.8. The zero-order chi connectivity index (χ0) is 16.0. The molecule has 5 nitrogen and oxygen atoms in total. The second-order valence-electron chi connectivity index (χ2n) is 6.19. The highest BCUT2D eigenvalue weighted by atomic mass is 35.5. The van der Waals surface area contributed by atoms with Crippen LogP contribution in [-0.4, -0.2) is 47.9 Å². The molecule has 122 valence electrons. The van der Waals surface area contributed by atoms with E-state index in [1.165, 1.54) is 0 Å². The normalized spacial score (nSPS) is 20.5. The van der Waals surface area contributed by atoms with Gasteiger partial charge in [-0.15, -0.1) is 0 Å². The van der Waals surface area contributed by atoms with Crippen molar-refractivity contribution in [1.82, 2.24) is 9.88 Å². The van der Waals surface area contributed by atoms with Crippen molar-refractivity contribution in [1.29, 1.82) is 0 Å². The van der Waals surface area contributed by atoms with Crippen molar-refractivity contribution in [3.05, 3.63) is 34.5 Å². The van der Waals surface area contributed by atoms with Gasteiger partial charge in [-0.1, -0.05) is 17.7 Å². The van der Waals surface area contributed by atoms with Gasteiger partial charge < -0.3 is 19.4 Å². The second kappa shape index (κ2) is 5.51. The Balaban J connectivity index is 1.62. The molecule has 2 aliphatic heterocycles. The lowest BCUT2D eigenvalue weighted by Crippen LogP contribution is -2.47. The number of halogens is 1. The van der Waals surface area contributed by atoms with Crippen LogP contribution in [0.15, 0.2) is 18.2 Å². The van der Waals surface area contributed by atoms with E-state index >= 15 is 0 Å². The minimum Gasteiger partial charge on any atom is -0.358 e. The van der Waals surface area contributed by atoms with Gasteiger partial charge in [0.15, 0.2) is 5.79 Å². The van der Waals surface area contributed by atoms with Crippen LogP contribution in [0.1, 0.15) is 28.9 Å². The van der Waals surface area contributed by atoms with Gasteiger partial charge in [-0.05, 0) is 19.1 Å². The summed E-state index contributed by atoms with van der Waals surface area (Å²) < 4.78 is 11.5. The lowest BCUT2D eigenvalue weighted by molar-refractivity contribution is -0.181. The summed E-state index contributed by atoms with van der Waals surface area (Å²) in [6, 6.07) is 5.64. The summed E-state index contributed by atoms with van der Waals surface area (Å²) in [5.74, 6) is -0.446. The molecule has 0 bridgehead atoms. The third kappa shape index (κ3) is 2.43. The highest BCUT2D eigenvalue weighted by Crippen LogP contribution is 2.34. The van der Waals surface area contributed by atoms with Gasteiger partial charge in [0.1, 0.15) is 0 Å². The van der Waals surface area contributed by atoms with Crippen molar-refractivity contribution >= 4 is 28.4 Å². The van der Waals surface area contributed by atoms with Gasteiger partial charge in [-0.25, -0.2) is 0 Å². The fourth-order valence-corrected chi connectivity index (χ4v) is 3.87. The number of hydrogen-bond acceptors (Lipinski definition) is 3. The van der Waals surface area contributed by atoms with E-state index in [0.717, 1.165) is 16.6 Å². The summed E-state index contributed by atoms with van der Waals surface area (Å²) in [7, 11) is 0. The summed E-state index contributed by atoms with van der Waals surface area (Å²) in [4.78, 5) is 18.1. The summed E-state index contributed by atoms with van der Waals surface area (Å²) in [5.41, 5.74) is 2.43. The first-order valence-corrected chi connectivity index (χ1v) is 8.31. The summed E-state index contributed by atoms with van der Waals surface area (Å²) in [6.07, 6.45) is 1.43. The van der Waals surface area contributed by atoms with Crippen molar-refractivity contribution in [2.24, 2.45) is 0 Å². The van der Waals surface area contributed by atoms with E-state index in [0.29, 0.717) is 49.7 Å². The fraction of sp³-hybridized carbons (Fsp3) is 0.471. The predicted octanol–water partition coefficient (Wildman–Crippen LogP) is 3.11. The van der Waals surface area contributed by atoms with Crippen LogP contribution in [0.3, 0.4) is 0 Å². The molecule has 3 heterocycles. The van der Waals surface area contributed by atoms with Crippen LogP contribution in [-0.2, 0) is 9.47 Å². The van der Waals surface area contributed by atoms with Crippen molar-refractivity contribution in [2.75, 3.05) is 26.3 Å². The molecule has 0 radical (unpaired) electrons. The standard InChI is InChI=1S/C17H19ClN2O3/c1-11-14(15-12(18)3-2-4-13(15)19-11)16(21)20-7-5-17(6-8-20)22-9-10-23-17/h2-4,19H,5-10H2,1H3. The highest BCUT2D eigenvalue weighted by molar-refractivity contribution is 6.37. The van der Waals surface area contributed by atoms with Gasteiger partial charge in [-0.3, -0.25) is 4.79 Å². The Morgan fingerprint density at radius 3 is 2.65 bits per heavy atom. The largest absolute Gasteiger partial charge is 0.358 e. The Morgan fingerprint density at radius 2 is 1.96 bits per heavy atom. The number of hydrogen-bond donors (Lipinski definition) is 1. The molecule has 1 aromatic carbocycles. The van der Waals surface area contributed by atoms with Crippen LogP contribution >= 0.6 is 11.6 Å². The molecule has 1 aromatic heterocycles. The van der Waals surface area contributed by atoms with Crippen LogP contribution in [0.4, 0.5) is 0 Å². The lowest BCUT2D eigenvalue weighted by Gasteiger charge is -2.37. The molecule has 1 N–H and O–H groups in total. The fourth-order valence-electron chi connectivity index (χ4n) is 3.60. The van der Waals surface area contributed by atoms with E-state index in [2.05, 4.69) is 4.98 Å². The van der Waals surface area contributed by atoms with Crippen LogP contribution < -0.4 is 0 Å². The van der Waals surface area contributed by atoms with E-state index in [1.807, 2.05) is 30.0 Å². The van der Waals surface area contributed by atoms with Crippen molar-refractivity contribution in [3.63, 3.8) is 0 Å². The predicted molar refractivity (Wildman–Crippen MR) is 87.8 cm³/mol. The van der Waals surface area contributed by atoms with Crippen LogP contribution in [0, 0.1) is 6.92 Å². The number of likely N-dealkylation sites (tertiary alicyclic amines) is 1. The SMILES string of the molecule is Cc1[nH]c2cccc(Cl)c2c1C(=O)N1CCC2(CC1)OCCO2. The van der Waals surface area contributed by atoms with Crippen molar-refractivity contribution < 1.29 is 14.3 Å². The van der Waals surface area contributed by atoms with Gasteiger partial charge in [0.05, 0.1) is 23.8 Å². The first kappa shape index (κ1) is 15.0. The van der Waals surface area contributed by atoms with Gasteiger partial charge in [-0.2, -0.15) is 0 Å². The number of aromatic nitrogens is 1. The average Bonchev–Trinajstić information content (AvgIpc) is 3.12. The topological polar surface area (TPSA) is 54.6 Å². The number of carbonyl (C=O) groups is 1. The molecule has 6 heteroatoms. The van der Waals surface area contributed by atoms with Crippen LogP contribution in [0.25, 0.3) is 10.9 Å². The number of piperidine rings is 1. The molecule has 0 unspecified atom stereocenters. The summed E-state index contributed by atoms with van der Waals surface area (Å²) in [6.45, 7) is 4.47. The molecular formula is C17H19ClN2O3. The first-order chi connectivity index (χ1) is 11.1. The number of nitrogens with zero attached hydrogens (tertiary/aromatic N) is 1. The number of aromatic amines is 1. The lowest BCUT2D eigenvalue weighted by atomic mass is 10.0. The molecule has 23 heavy (non-hydrogen) atoms. The molecule has 2 aromatic rings. The van der Waals surface area contributed by atoms with Crippen molar-refractivity contribution in [2.45, 2.75) is 25.6 Å². The molecule has 0 saturated carbocycles. The van der Waals surface area contributed by atoms with Gasteiger partial charge in [0.2, 0.25) is 0 Å². The number of H-pyrrole nitrogens is 1. The van der Waals surface area contributed by atoms with E-state index < -0.39 is 5.79 Å². The minimum atomic E-state index is -0.469. The smallest absolute Gasteiger partial charge is 0.256 e. The number of ether oxygens (including phenoxy) is 2. The van der Waals surface area contributed by atoms with E-state index in [1.54, 1.807) is 0 Å². The molecule has 2 fully saturated rings. The minimum absolute atomic E-state index is 0.0229. The van der Waals surface area contributed by atoms with Crippen LogP contribution in [0.2, 0.25) is 5.02 Å². The number of amides is 1. The maximum absolute atomic E-state index is 13.0. The van der Waals surface area contributed by atoms with Crippen LogP contribution in [0.5, 0.6) is 0 Å². The molecule has 1 spiro atoms. The number of benzene rings is 1. The van der Waals surface area contributed by atoms with Crippen molar-refractivity contribution in [3.8, 4) is 0 Å². The number of rotatable bonds is 1. The maximum atomic E-state index is 13.0. The molecular weight excluding hydrogens is 316 g/mol. The highest BCUT2D eigenvalue weighted by Gasteiger charge is 2.41. The number of carbonyl (C=O) groups excluding carboxylic acids is 1. The molecule has 2 saturated heterocycles. The Bertz CT molecular complexity index is 755. The Kier molecular flexibility index (Phi) is 3.59. The maximum Gasteiger partial charge on any atom is 0.256 e. The van der Waals surface area contributed by atoms with Gasteiger partial charge in [0.25, 0.3) is 5.91 Å². The second-order valence-corrected chi connectivity index (χ2v) is 6.59. The Morgan fingerprint density at radius 1 is 1.26 bits per heavy atom. The zero-order valence-electron chi connectivity index (χ0n) is 13.0. The number of nitrogens with one attached hydrogen (secondary N) is 1. The summed E-state index contributed by atoms with van der Waals surface area (Å²) >= 11 is 6.33. The Labute approximate surface area is 139 Å². The van der Waals surface area contributed by atoms with Gasteiger partial charge >= 0.3 is 0 Å². The Hall–Kier alpha value is -1.56. The first-order valence-electron chi connectivity index (χ1n) is 7.94. The molecule has 4 rings (SSSR count). The molecule has 2 aliphatic rings. The number of fused-ring (bicyclic) bond motifs is 1. The van der Waals surface area contributed by atoms with E-state index in [-0.39, 0.29) is 5.91 Å². The number of aryl methyl sites for hydroxylation is 1. The molecule has 0 aliphatic carbocycles. The summed E-state index contributed by atoms with van der Waals surface area (Å²) in [5, 5.41) is 1.41. The third-order valence-electron chi connectivity index (χ3n) is 4.80. The average molecular weight is 335 g/mol. The monoisotopic (exact) mass is 334 g/mol. The quantitative estimate of drug-likeness (QED) is 0.871. The van der Waals surface area contributed by atoms with E-state index in [4.69, 9.17) is 21.1 Å². The van der Waals surface area contributed by atoms with E-state index in [9.17, 15) is 4.79 Å². The third-order valence-corrected chi connectivity index (χ3v) is 5.12.